The second kappa shape index (κ2) is 46.2. The average Bonchev–Trinajstić information content (AvgIpc) is 1.39. The minimum absolute atomic E-state index is 0. The van der Waals surface area contributed by atoms with Crippen LogP contribution in [-0.2, 0) is 30.0 Å². The molecule has 44 valence electrons. The van der Waals surface area contributed by atoms with Gasteiger partial charge in [0, 0.05) is 12.9 Å². The van der Waals surface area contributed by atoms with E-state index in [9.17, 15) is 0 Å². The Kier molecular flexibility index (Phi) is 105. The molecule has 0 rings (SSSR count). The van der Waals surface area contributed by atoms with E-state index in [1.807, 2.05) is 0 Å². The van der Waals surface area contributed by atoms with Crippen LogP contribution in [0.1, 0.15) is 0 Å². The summed E-state index contributed by atoms with van der Waals surface area (Å²) in [6.07, 6.45) is 0. The molecule has 0 fully saturated rings. The molecule has 0 spiro atoms. The Morgan fingerprint density at radius 2 is 1.00 bits per heavy atom. The van der Waals surface area contributed by atoms with Gasteiger partial charge in [-0.2, -0.15) is 0 Å². The fourth-order valence-electron chi connectivity index (χ4n) is 0. The van der Waals surface area contributed by atoms with Gasteiger partial charge < -0.3 is 19.8 Å². The van der Waals surface area contributed by atoms with Crippen LogP contribution in [0.15, 0.2) is 0 Å². The molecule has 0 bridgehead atoms. The molecule has 0 aliphatic carbocycles. The molecule has 0 aliphatic rings. The molecule has 0 heterocycles. The van der Waals surface area contributed by atoms with Crippen LogP contribution in [0, 0.1) is 0 Å². The van der Waals surface area contributed by atoms with Crippen LogP contribution >= 0.6 is 0 Å². The zero-order valence-electron chi connectivity index (χ0n) is 3.10. The minimum Gasteiger partial charge on any atom is -0.554 e. The van der Waals surface area contributed by atoms with E-state index in [0.717, 1.165) is 0 Å². The minimum atomic E-state index is -0.500. The molecule has 0 radical (unpaired) electrons. The van der Waals surface area contributed by atoms with Crippen molar-refractivity contribution in [2.24, 2.45) is 0 Å². The number of hydrogen-bond donors (Lipinski definition) is 0. The smallest absolute Gasteiger partial charge is 0.554 e. The van der Waals surface area contributed by atoms with E-state index in [2.05, 4.69) is 0 Å². The molecule has 5 heteroatoms. The normalized spacial score (nSPS) is 3.43. The van der Waals surface area contributed by atoms with Crippen molar-refractivity contribution >= 4 is 12.9 Å². The van der Waals surface area contributed by atoms with Gasteiger partial charge in [0.15, 0.2) is 0 Å². The first kappa shape index (κ1) is 16.0. The van der Waals surface area contributed by atoms with Gasteiger partial charge >= 0.3 is 20.4 Å². The van der Waals surface area contributed by atoms with E-state index in [1.165, 1.54) is 0 Å². The second-order valence-electron chi connectivity index (χ2n) is 0.192. The third-order valence-corrected chi connectivity index (χ3v) is 0. The predicted molar refractivity (Wildman–Crippen MR) is 12.1 cm³/mol. The summed E-state index contributed by atoms with van der Waals surface area (Å²) < 4.78 is 0. The summed E-state index contributed by atoms with van der Waals surface area (Å²) in [4.78, 5) is 16.5. The molecule has 4 nitrogen and oxygen atoms in total. The first-order valence-corrected chi connectivity index (χ1v) is 0.943. The molecule has 0 aliphatic heterocycles. The van der Waals surface area contributed by atoms with Crippen molar-refractivity contribution in [1.29, 1.82) is 0 Å². The molecule has 0 saturated carbocycles. The maximum atomic E-state index is 8.25. The molecule has 0 unspecified atom stereocenters. The standard InChI is InChI=1S/2CH2O2.Pd/c2*2-1-3;/h2*1H,(H,2,3);/q;;+2/p-2. The van der Waals surface area contributed by atoms with Crippen molar-refractivity contribution in [2.75, 3.05) is 0 Å². The van der Waals surface area contributed by atoms with Crippen molar-refractivity contribution in [2.45, 2.75) is 0 Å². The molecule has 0 aromatic rings. The van der Waals surface area contributed by atoms with Crippen LogP contribution in [0.2, 0.25) is 0 Å². The van der Waals surface area contributed by atoms with Crippen molar-refractivity contribution < 1.29 is 40.2 Å². The summed E-state index contributed by atoms with van der Waals surface area (Å²) in [5.41, 5.74) is 0. The molecular formula is C2H2O4Pd. The van der Waals surface area contributed by atoms with Crippen LogP contribution in [-0.4, -0.2) is 12.9 Å². The van der Waals surface area contributed by atoms with Crippen LogP contribution in [0.5, 0.6) is 0 Å². The van der Waals surface area contributed by atoms with Crippen molar-refractivity contribution in [3.05, 3.63) is 0 Å². The van der Waals surface area contributed by atoms with Crippen molar-refractivity contribution in [3.8, 4) is 0 Å². The van der Waals surface area contributed by atoms with Gasteiger partial charge in [-0.3, -0.25) is 0 Å². The van der Waals surface area contributed by atoms with E-state index >= 15 is 0 Å². The van der Waals surface area contributed by atoms with E-state index in [1.54, 1.807) is 0 Å². The Labute approximate surface area is 53.8 Å². The van der Waals surface area contributed by atoms with Crippen molar-refractivity contribution in [3.63, 3.8) is 0 Å². The topological polar surface area (TPSA) is 80.3 Å². The molecular weight excluding hydrogens is 194 g/mol. The Morgan fingerprint density at radius 1 is 1.00 bits per heavy atom. The average molecular weight is 196 g/mol. The van der Waals surface area contributed by atoms with E-state index in [4.69, 9.17) is 19.8 Å². The number of hydrogen-bond acceptors (Lipinski definition) is 4. The molecule has 7 heavy (non-hydrogen) atoms. The second-order valence-corrected chi connectivity index (χ2v) is 0.192. The zero-order valence-corrected chi connectivity index (χ0v) is 4.66. The predicted octanol–water partition coefficient (Wildman–Crippen LogP) is -3.27. The summed E-state index contributed by atoms with van der Waals surface area (Å²) in [7, 11) is 0. The molecule has 0 aromatic heterocycles. The van der Waals surface area contributed by atoms with Crippen LogP contribution in [0.25, 0.3) is 0 Å². The maximum Gasteiger partial charge on any atom is 2.00 e. The Hall–Kier alpha value is -0.398. The quantitative estimate of drug-likeness (QED) is 0.301. The Balaban J connectivity index is -0.0000000400. The summed E-state index contributed by atoms with van der Waals surface area (Å²) >= 11 is 0. The van der Waals surface area contributed by atoms with Gasteiger partial charge in [0.25, 0.3) is 0 Å². The SMILES string of the molecule is O=C[O-].O=C[O-].[Pd+2]. The van der Waals surface area contributed by atoms with Crippen molar-refractivity contribution in [1.82, 2.24) is 0 Å². The summed E-state index contributed by atoms with van der Waals surface area (Å²) in [6.45, 7) is -1.00. The fourth-order valence-corrected chi connectivity index (χ4v) is 0. The van der Waals surface area contributed by atoms with E-state index in [0.29, 0.717) is 0 Å². The van der Waals surface area contributed by atoms with Crippen LogP contribution < -0.4 is 10.2 Å². The first-order chi connectivity index (χ1) is 2.83. The van der Waals surface area contributed by atoms with Gasteiger partial charge in [-0.05, 0) is 0 Å². The Bertz CT molecular complexity index is 30.7. The monoisotopic (exact) mass is 196 g/mol. The fraction of sp³-hybridized carbons (Fsp3) is 0. The van der Waals surface area contributed by atoms with Gasteiger partial charge in [-0.25, -0.2) is 0 Å². The number of carbonyl (C=O) groups excluding carboxylic acids is 2. The van der Waals surface area contributed by atoms with E-state index < -0.39 is 12.9 Å². The molecule has 0 atom stereocenters. The molecule has 0 amide bonds. The number of carboxylic acid groups (broad SMARTS) is 2. The largest absolute Gasteiger partial charge is 2.00 e. The van der Waals surface area contributed by atoms with E-state index in [-0.39, 0.29) is 20.4 Å². The zero-order chi connectivity index (χ0) is 5.41. The van der Waals surface area contributed by atoms with Gasteiger partial charge in [-0.15, -0.1) is 0 Å². The van der Waals surface area contributed by atoms with Crippen LogP contribution in [0.3, 0.4) is 0 Å². The van der Waals surface area contributed by atoms with Crippen LogP contribution in [0.4, 0.5) is 0 Å². The molecule has 0 saturated heterocycles. The summed E-state index contributed by atoms with van der Waals surface area (Å²) in [5, 5.41) is 16.5. The summed E-state index contributed by atoms with van der Waals surface area (Å²) in [5.74, 6) is 0. The van der Waals surface area contributed by atoms with Gasteiger partial charge in [0.05, 0.1) is 0 Å². The van der Waals surface area contributed by atoms with Gasteiger partial charge in [0.1, 0.15) is 0 Å². The summed E-state index contributed by atoms with van der Waals surface area (Å²) in [6, 6.07) is 0. The molecule has 0 N–H and O–H groups in total. The molecule has 0 aromatic carbocycles. The van der Waals surface area contributed by atoms with Gasteiger partial charge in [-0.1, -0.05) is 0 Å². The van der Waals surface area contributed by atoms with Gasteiger partial charge in [0.2, 0.25) is 0 Å². The number of rotatable bonds is 0. The third-order valence-electron chi connectivity index (χ3n) is 0. The Morgan fingerprint density at radius 3 is 1.00 bits per heavy atom. The number of carbonyl (C=O) groups is 2. The third kappa shape index (κ3) is 460. The first-order valence-electron chi connectivity index (χ1n) is 0.943. The maximum absolute atomic E-state index is 8.25.